The average Bonchev–Trinajstić information content (AvgIpc) is 3.33. The molecule has 5 heteroatoms. The van der Waals surface area contributed by atoms with Gasteiger partial charge < -0.3 is 15.2 Å². The zero-order valence-corrected chi connectivity index (χ0v) is 12.9. The number of benzene rings is 1. The highest BCUT2D eigenvalue weighted by Crippen LogP contribution is 2.30. The predicted octanol–water partition coefficient (Wildman–Crippen LogP) is 2.85. The molecule has 0 bridgehead atoms. The van der Waals surface area contributed by atoms with E-state index in [-0.39, 0.29) is 0 Å². The van der Waals surface area contributed by atoms with Crippen molar-refractivity contribution in [3.63, 3.8) is 0 Å². The highest BCUT2D eigenvalue weighted by Gasteiger charge is 2.24. The van der Waals surface area contributed by atoms with Crippen molar-refractivity contribution in [3.8, 4) is 5.75 Å². The normalized spacial score (nSPS) is 15.1. The molecule has 0 saturated heterocycles. The first-order valence-corrected chi connectivity index (χ1v) is 7.87. The number of carboxylic acid groups (broad SMARTS) is 1. The summed E-state index contributed by atoms with van der Waals surface area (Å²) in [4.78, 5) is 23.6. The fourth-order valence-electron chi connectivity index (χ4n) is 2.17. The van der Waals surface area contributed by atoms with Gasteiger partial charge in [0.2, 0.25) is 0 Å². The molecule has 2 rings (SSSR count). The lowest BCUT2D eigenvalue weighted by Crippen LogP contribution is -2.40. The number of nitrogens with one attached hydrogen (secondary N) is 1. The van der Waals surface area contributed by atoms with Crippen LogP contribution in [-0.2, 0) is 4.79 Å². The Morgan fingerprint density at radius 1 is 1.36 bits per heavy atom. The third-order valence-corrected chi connectivity index (χ3v) is 3.75. The summed E-state index contributed by atoms with van der Waals surface area (Å²) in [6.07, 6.45) is 4.43. The van der Waals surface area contributed by atoms with E-state index in [2.05, 4.69) is 5.32 Å². The molecule has 0 aromatic heterocycles. The second-order valence-electron chi connectivity index (χ2n) is 5.76. The Kier molecular flexibility index (Phi) is 5.81. The second-order valence-corrected chi connectivity index (χ2v) is 5.76. The van der Waals surface area contributed by atoms with E-state index in [1.165, 1.54) is 12.8 Å². The van der Waals surface area contributed by atoms with Gasteiger partial charge in [-0.3, -0.25) is 4.79 Å². The molecule has 0 radical (unpaired) electrons. The molecular weight excluding hydrogens is 282 g/mol. The van der Waals surface area contributed by atoms with Crippen LogP contribution >= 0.6 is 0 Å². The lowest BCUT2D eigenvalue weighted by Gasteiger charge is -2.16. The van der Waals surface area contributed by atoms with Gasteiger partial charge in [0.1, 0.15) is 11.8 Å². The summed E-state index contributed by atoms with van der Waals surface area (Å²) >= 11 is 0. The summed E-state index contributed by atoms with van der Waals surface area (Å²) in [7, 11) is 0. The fraction of sp³-hybridized carbons (Fsp3) is 0.529. The quantitative estimate of drug-likeness (QED) is 0.735. The van der Waals surface area contributed by atoms with Gasteiger partial charge in [-0.25, -0.2) is 4.79 Å². The molecular formula is C17H23NO4. The lowest BCUT2D eigenvalue weighted by atomic mass is 10.1. The number of amides is 1. The maximum Gasteiger partial charge on any atom is 0.326 e. The van der Waals surface area contributed by atoms with Gasteiger partial charge in [-0.05, 0) is 37.3 Å². The van der Waals surface area contributed by atoms with Gasteiger partial charge in [0, 0.05) is 0 Å². The Balaban J connectivity index is 2.01. The Hall–Kier alpha value is -2.04. The van der Waals surface area contributed by atoms with Gasteiger partial charge in [0.25, 0.3) is 5.91 Å². The summed E-state index contributed by atoms with van der Waals surface area (Å²) in [6.45, 7) is 2.60. The van der Waals surface area contributed by atoms with E-state index in [9.17, 15) is 14.7 Å². The van der Waals surface area contributed by atoms with Crippen molar-refractivity contribution >= 4 is 11.9 Å². The zero-order chi connectivity index (χ0) is 15.9. The topological polar surface area (TPSA) is 75.6 Å². The zero-order valence-electron chi connectivity index (χ0n) is 12.9. The molecule has 1 atom stereocenters. The number of aliphatic carboxylic acids is 1. The first-order chi connectivity index (χ1) is 10.6. The number of ether oxygens (including phenoxy) is 1. The first-order valence-electron chi connectivity index (χ1n) is 7.87. The van der Waals surface area contributed by atoms with Gasteiger partial charge in [-0.2, -0.15) is 0 Å². The molecule has 22 heavy (non-hydrogen) atoms. The number of unbranched alkanes of at least 4 members (excludes halogenated alkanes) is 1. The van der Waals surface area contributed by atoms with Crippen LogP contribution in [0.25, 0.3) is 0 Å². The van der Waals surface area contributed by atoms with E-state index in [4.69, 9.17) is 4.74 Å². The van der Waals surface area contributed by atoms with E-state index in [0.717, 1.165) is 12.8 Å². The van der Waals surface area contributed by atoms with Crippen LogP contribution in [0, 0.1) is 5.92 Å². The van der Waals surface area contributed by atoms with Gasteiger partial charge in [0.15, 0.2) is 0 Å². The molecule has 1 aliphatic carbocycles. The van der Waals surface area contributed by atoms with Crippen LogP contribution in [-0.4, -0.2) is 29.6 Å². The van der Waals surface area contributed by atoms with E-state index < -0.39 is 17.9 Å². The van der Waals surface area contributed by atoms with E-state index in [1.807, 2.05) is 13.0 Å². The van der Waals surface area contributed by atoms with Crippen molar-refractivity contribution in [2.45, 2.75) is 45.1 Å². The number of rotatable bonds is 9. The van der Waals surface area contributed by atoms with Crippen molar-refractivity contribution in [1.82, 2.24) is 5.32 Å². The Morgan fingerprint density at radius 2 is 2.09 bits per heavy atom. The Bertz CT molecular complexity index is 525. The van der Waals surface area contributed by atoms with Crippen LogP contribution in [0.1, 0.15) is 49.4 Å². The number of carboxylic acids is 1. The smallest absolute Gasteiger partial charge is 0.326 e. The standard InChI is InChI=1S/C17H23NO4/c1-2-3-7-14(17(20)21)18-16(19)13-6-4-5-8-15(13)22-11-12-9-10-12/h4-6,8,12,14H,2-3,7,9-11H2,1H3,(H,18,19)(H,20,21). The molecule has 1 aromatic carbocycles. The molecule has 1 fully saturated rings. The predicted molar refractivity (Wildman–Crippen MR) is 83.1 cm³/mol. The van der Waals surface area contributed by atoms with Crippen LogP contribution in [0.5, 0.6) is 5.75 Å². The fourth-order valence-corrected chi connectivity index (χ4v) is 2.17. The molecule has 0 heterocycles. The van der Waals surface area contributed by atoms with E-state index >= 15 is 0 Å². The van der Waals surface area contributed by atoms with Crippen molar-refractivity contribution < 1.29 is 19.4 Å². The molecule has 120 valence electrons. The highest BCUT2D eigenvalue weighted by molar-refractivity contribution is 5.98. The largest absolute Gasteiger partial charge is 0.492 e. The first kappa shape index (κ1) is 16.3. The molecule has 1 saturated carbocycles. The SMILES string of the molecule is CCCCC(NC(=O)c1ccccc1OCC1CC1)C(=O)O. The van der Waals surface area contributed by atoms with Gasteiger partial charge >= 0.3 is 5.97 Å². The van der Waals surface area contributed by atoms with Crippen molar-refractivity contribution in [2.75, 3.05) is 6.61 Å². The number of hydrogen-bond acceptors (Lipinski definition) is 3. The number of para-hydroxylation sites is 1. The minimum atomic E-state index is -1.00. The molecule has 1 amide bonds. The van der Waals surface area contributed by atoms with Crippen LogP contribution in [0.15, 0.2) is 24.3 Å². The summed E-state index contributed by atoms with van der Waals surface area (Å²) in [5, 5.41) is 11.8. The third-order valence-electron chi connectivity index (χ3n) is 3.75. The molecule has 5 nitrogen and oxygen atoms in total. The maximum absolute atomic E-state index is 12.3. The monoisotopic (exact) mass is 305 g/mol. The summed E-state index contributed by atoms with van der Waals surface area (Å²) in [5.74, 6) is -0.285. The Morgan fingerprint density at radius 3 is 2.73 bits per heavy atom. The maximum atomic E-state index is 12.3. The average molecular weight is 305 g/mol. The molecule has 1 aromatic rings. The molecule has 0 aliphatic heterocycles. The minimum absolute atomic E-state index is 0.394. The minimum Gasteiger partial charge on any atom is -0.492 e. The summed E-state index contributed by atoms with van der Waals surface area (Å²) in [5.41, 5.74) is 0.394. The van der Waals surface area contributed by atoms with Crippen molar-refractivity contribution in [2.24, 2.45) is 5.92 Å². The molecule has 2 N–H and O–H groups in total. The van der Waals surface area contributed by atoms with Crippen molar-refractivity contribution in [3.05, 3.63) is 29.8 Å². The van der Waals surface area contributed by atoms with Crippen LogP contribution in [0.2, 0.25) is 0 Å². The summed E-state index contributed by atoms with van der Waals surface area (Å²) < 4.78 is 5.70. The molecule has 1 unspecified atom stereocenters. The number of hydrogen-bond donors (Lipinski definition) is 2. The number of carbonyl (C=O) groups excluding carboxylic acids is 1. The summed E-state index contributed by atoms with van der Waals surface area (Å²) in [6, 6.07) is 6.12. The molecule has 0 spiro atoms. The van der Waals surface area contributed by atoms with Gasteiger partial charge in [-0.1, -0.05) is 31.9 Å². The Labute approximate surface area is 130 Å². The van der Waals surface area contributed by atoms with Gasteiger partial charge in [-0.15, -0.1) is 0 Å². The van der Waals surface area contributed by atoms with Crippen molar-refractivity contribution in [1.29, 1.82) is 0 Å². The van der Waals surface area contributed by atoms with E-state index in [1.54, 1.807) is 18.2 Å². The second kappa shape index (κ2) is 7.82. The van der Waals surface area contributed by atoms with E-state index in [0.29, 0.717) is 30.3 Å². The molecule has 1 aliphatic rings. The van der Waals surface area contributed by atoms with Crippen LogP contribution in [0.4, 0.5) is 0 Å². The lowest BCUT2D eigenvalue weighted by molar-refractivity contribution is -0.139. The number of carbonyl (C=O) groups is 2. The van der Waals surface area contributed by atoms with Crippen LogP contribution < -0.4 is 10.1 Å². The van der Waals surface area contributed by atoms with Crippen LogP contribution in [0.3, 0.4) is 0 Å². The van der Waals surface area contributed by atoms with Gasteiger partial charge in [0.05, 0.1) is 12.2 Å². The highest BCUT2D eigenvalue weighted by atomic mass is 16.5. The third kappa shape index (κ3) is 4.76.